The van der Waals surface area contributed by atoms with Crippen molar-refractivity contribution in [1.82, 2.24) is 25.3 Å². The number of carbonyl (C=O) groups is 1. The first kappa shape index (κ1) is 21.0. The van der Waals surface area contributed by atoms with Gasteiger partial charge in [-0.15, -0.1) is 5.10 Å². The minimum atomic E-state index is -0.234. The quantitative estimate of drug-likeness (QED) is 0.683. The highest BCUT2D eigenvalue weighted by atomic mass is 16.2. The summed E-state index contributed by atoms with van der Waals surface area (Å²) in [5.74, 6) is 1.57. The number of rotatable bonds is 5. The lowest BCUT2D eigenvalue weighted by molar-refractivity contribution is 0.0945. The Morgan fingerprint density at radius 1 is 1.10 bits per heavy atom. The van der Waals surface area contributed by atoms with Crippen LogP contribution in [-0.2, 0) is 6.54 Å². The van der Waals surface area contributed by atoms with E-state index < -0.39 is 0 Å². The molecule has 0 aliphatic carbocycles. The van der Waals surface area contributed by atoms with E-state index in [9.17, 15) is 4.79 Å². The van der Waals surface area contributed by atoms with Crippen LogP contribution in [0.15, 0.2) is 36.5 Å². The third kappa shape index (κ3) is 4.76. The van der Waals surface area contributed by atoms with Gasteiger partial charge >= 0.3 is 0 Å². The van der Waals surface area contributed by atoms with Crippen molar-refractivity contribution in [3.8, 4) is 5.69 Å². The van der Waals surface area contributed by atoms with Crippen molar-refractivity contribution in [3.63, 3.8) is 0 Å². The zero-order valence-electron chi connectivity index (χ0n) is 18.7. The Bertz CT molecular complexity index is 1060. The molecule has 1 amide bonds. The molecule has 1 aromatic carbocycles. The van der Waals surface area contributed by atoms with Gasteiger partial charge in [0, 0.05) is 25.8 Å². The fourth-order valence-corrected chi connectivity index (χ4v) is 3.94. The van der Waals surface area contributed by atoms with Crippen molar-refractivity contribution in [1.29, 1.82) is 0 Å². The van der Waals surface area contributed by atoms with Gasteiger partial charge in [-0.3, -0.25) is 4.79 Å². The van der Waals surface area contributed by atoms with E-state index in [4.69, 9.17) is 0 Å². The Kier molecular flexibility index (Phi) is 6.02. The minimum Gasteiger partial charge on any atom is -0.357 e. The highest BCUT2D eigenvalue weighted by molar-refractivity contribution is 5.93. The van der Waals surface area contributed by atoms with E-state index in [0.717, 1.165) is 41.6 Å². The Labute approximate surface area is 183 Å². The summed E-state index contributed by atoms with van der Waals surface area (Å²) in [7, 11) is 0. The van der Waals surface area contributed by atoms with Gasteiger partial charge in [-0.25, -0.2) is 4.98 Å². The molecule has 0 atom stereocenters. The maximum absolute atomic E-state index is 12.7. The molecule has 31 heavy (non-hydrogen) atoms. The molecule has 3 aromatic rings. The van der Waals surface area contributed by atoms with Gasteiger partial charge in [0.15, 0.2) is 5.69 Å². The summed E-state index contributed by atoms with van der Waals surface area (Å²) in [4.78, 5) is 21.2. The number of aromatic nitrogens is 4. The molecule has 0 radical (unpaired) electrons. The van der Waals surface area contributed by atoms with Crippen LogP contribution in [0.3, 0.4) is 0 Å². The van der Waals surface area contributed by atoms with Gasteiger partial charge < -0.3 is 10.2 Å². The van der Waals surface area contributed by atoms with Crippen molar-refractivity contribution >= 4 is 11.7 Å². The molecule has 4 rings (SSSR count). The van der Waals surface area contributed by atoms with Crippen LogP contribution in [0.1, 0.15) is 52.6 Å². The van der Waals surface area contributed by atoms with E-state index in [2.05, 4.69) is 38.4 Å². The first-order valence-electron chi connectivity index (χ1n) is 10.9. The maximum Gasteiger partial charge on any atom is 0.274 e. The third-order valence-corrected chi connectivity index (χ3v) is 5.93. The van der Waals surface area contributed by atoms with Gasteiger partial charge in [-0.05, 0) is 62.8 Å². The van der Waals surface area contributed by atoms with E-state index in [1.165, 1.54) is 23.2 Å². The summed E-state index contributed by atoms with van der Waals surface area (Å²) in [5.41, 5.74) is 5.02. The number of anilines is 1. The molecule has 7 nitrogen and oxygen atoms in total. The fourth-order valence-electron chi connectivity index (χ4n) is 3.94. The Morgan fingerprint density at radius 2 is 1.87 bits per heavy atom. The number of nitrogens with one attached hydrogen (secondary N) is 1. The van der Waals surface area contributed by atoms with Crippen LogP contribution in [0.25, 0.3) is 5.69 Å². The van der Waals surface area contributed by atoms with Crippen molar-refractivity contribution in [2.75, 3.05) is 18.0 Å². The van der Waals surface area contributed by atoms with Gasteiger partial charge in [0.2, 0.25) is 0 Å². The molecular weight excluding hydrogens is 388 g/mol. The van der Waals surface area contributed by atoms with Crippen LogP contribution < -0.4 is 10.2 Å². The van der Waals surface area contributed by atoms with E-state index in [-0.39, 0.29) is 5.91 Å². The number of hydrogen-bond donors (Lipinski definition) is 1. The molecule has 1 aliphatic heterocycles. The average molecular weight is 419 g/mol. The number of hydrogen-bond acceptors (Lipinski definition) is 5. The summed E-state index contributed by atoms with van der Waals surface area (Å²) in [6, 6.07) is 10.1. The molecule has 1 aliphatic rings. The molecule has 0 spiro atoms. The predicted molar refractivity (Wildman–Crippen MR) is 122 cm³/mol. The van der Waals surface area contributed by atoms with Gasteiger partial charge in [-0.1, -0.05) is 30.7 Å². The second-order valence-corrected chi connectivity index (χ2v) is 8.59. The van der Waals surface area contributed by atoms with Gasteiger partial charge in [0.1, 0.15) is 5.82 Å². The number of aryl methyl sites for hydroxylation is 3. The van der Waals surface area contributed by atoms with Crippen molar-refractivity contribution in [2.45, 2.75) is 47.1 Å². The molecule has 162 valence electrons. The highest BCUT2D eigenvalue weighted by Crippen LogP contribution is 2.21. The van der Waals surface area contributed by atoms with E-state index >= 15 is 0 Å². The summed E-state index contributed by atoms with van der Waals surface area (Å²) in [5, 5.41) is 11.8. The number of carbonyl (C=O) groups excluding carboxylic acids is 1. The van der Waals surface area contributed by atoms with Crippen LogP contribution in [0.4, 0.5) is 5.82 Å². The molecule has 0 saturated carbocycles. The zero-order chi connectivity index (χ0) is 22.0. The predicted octanol–water partition coefficient (Wildman–Crippen LogP) is 3.75. The fraction of sp³-hybridized carbons (Fsp3) is 0.417. The van der Waals surface area contributed by atoms with Crippen molar-refractivity contribution in [3.05, 3.63) is 64.6 Å². The molecule has 1 fully saturated rings. The average Bonchev–Trinajstić information content (AvgIpc) is 3.14. The Hall–Kier alpha value is -3.22. The number of piperidine rings is 1. The molecule has 0 unspecified atom stereocenters. The molecule has 3 heterocycles. The van der Waals surface area contributed by atoms with Crippen LogP contribution in [0.2, 0.25) is 0 Å². The molecule has 0 bridgehead atoms. The number of amides is 1. The third-order valence-electron chi connectivity index (χ3n) is 5.93. The number of pyridine rings is 1. The zero-order valence-corrected chi connectivity index (χ0v) is 18.7. The van der Waals surface area contributed by atoms with Gasteiger partial charge in [0.25, 0.3) is 5.91 Å². The van der Waals surface area contributed by atoms with Gasteiger partial charge in [-0.2, -0.15) is 9.90 Å². The largest absolute Gasteiger partial charge is 0.357 e. The Morgan fingerprint density at radius 3 is 2.55 bits per heavy atom. The van der Waals surface area contributed by atoms with Crippen LogP contribution in [0.5, 0.6) is 0 Å². The van der Waals surface area contributed by atoms with Gasteiger partial charge in [0.05, 0.1) is 11.4 Å². The van der Waals surface area contributed by atoms with E-state index in [0.29, 0.717) is 17.9 Å². The molecule has 7 heteroatoms. The molecule has 1 saturated heterocycles. The van der Waals surface area contributed by atoms with Crippen molar-refractivity contribution < 1.29 is 4.79 Å². The monoisotopic (exact) mass is 418 g/mol. The number of benzene rings is 1. The van der Waals surface area contributed by atoms with Crippen LogP contribution in [-0.4, -0.2) is 39.0 Å². The minimum absolute atomic E-state index is 0.234. The first-order chi connectivity index (χ1) is 14.9. The van der Waals surface area contributed by atoms with Crippen LogP contribution >= 0.6 is 0 Å². The summed E-state index contributed by atoms with van der Waals surface area (Å²) in [6.45, 7) is 10.7. The highest BCUT2D eigenvalue weighted by Gasteiger charge is 2.18. The lowest BCUT2D eigenvalue weighted by Crippen LogP contribution is -2.33. The SMILES string of the molecule is Cc1ccc(-n2nc(C)c(C(=O)NCc3ccc(N4CCC(C)CC4)nc3)n2)c(C)c1. The topological polar surface area (TPSA) is 75.9 Å². The lowest BCUT2D eigenvalue weighted by atomic mass is 9.99. The maximum atomic E-state index is 12.7. The van der Waals surface area contributed by atoms with Crippen molar-refractivity contribution in [2.24, 2.45) is 5.92 Å². The molecule has 1 N–H and O–H groups in total. The summed E-state index contributed by atoms with van der Waals surface area (Å²) >= 11 is 0. The number of nitrogens with zero attached hydrogens (tertiary/aromatic N) is 5. The second-order valence-electron chi connectivity index (χ2n) is 8.59. The normalized spacial score (nSPS) is 14.6. The standard InChI is InChI=1S/C24H30N6O/c1-16-9-11-29(12-10-16)22-8-6-20(14-25-22)15-26-24(31)23-19(4)27-30(28-23)21-7-5-17(2)13-18(21)3/h5-8,13-14,16H,9-12,15H2,1-4H3,(H,26,31). The van der Waals surface area contributed by atoms with Crippen LogP contribution in [0, 0.1) is 26.7 Å². The molecule has 2 aromatic heterocycles. The first-order valence-corrected chi connectivity index (χ1v) is 10.9. The van der Waals surface area contributed by atoms with E-state index in [1.54, 1.807) is 6.92 Å². The summed E-state index contributed by atoms with van der Waals surface area (Å²) in [6.07, 6.45) is 4.26. The smallest absolute Gasteiger partial charge is 0.274 e. The second kappa shape index (κ2) is 8.88. The molecular formula is C24H30N6O. The summed E-state index contributed by atoms with van der Waals surface area (Å²) < 4.78 is 0. The lowest BCUT2D eigenvalue weighted by Gasteiger charge is -2.31. The van der Waals surface area contributed by atoms with E-state index in [1.807, 2.05) is 44.3 Å². The Balaban J connectivity index is 1.39.